The van der Waals surface area contributed by atoms with Crippen molar-refractivity contribution in [1.82, 2.24) is 4.98 Å². The van der Waals surface area contributed by atoms with E-state index in [1.54, 1.807) is 0 Å². The molecule has 0 saturated heterocycles. The Morgan fingerprint density at radius 1 is 1.25 bits per heavy atom. The number of anilines is 2. The third-order valence-electron chi connectivity index (χ3n) is 3.30. The Bertz CT molecular complexity index is 532. The highest BCUT2D eigenvalue weighted by molar-refractivity contribution is 6.00. The van der Waals surface area contributed by atoms with E-state index in [9.17, 15) is 0 Å². The van der Waals surface area contributed by atoms with Crippen molar-refractivity contribution >= 4 is 22.1 Å². The fourth-order valence-corrected chi connectivity index (χ4v) is 2.16. The SMILES string of the molecule is CN(c1ccc(N)c2cnccc12)C1CC1. The van der Waals surface area contributed by atoms with E-state index < -0.39 is 0 Å². The van der Waals surface area contributed by atoms with E-state index in [2.05, 4.69) is 23.0 Å². The van der Waals surface area contributed by atoms with Crippen LogP contribution in [0.2, 0.25) is 0 Å². The summed E-state index contributed by atoms with van der Waals surface area (Å²) in [5, 5.41) is 2.25. The molecule has 1 heterocycles. The molecule has 3 heteroatoms. The predicted molar refractivity (Wildman–Crippen MR) is 67.6 cm³/mol. The van der Waals surface area contributed by atoms with Crippen LogP contribution in [0.3, 0.4) is 0 Å². The van der Waals surface area contributed by atoms with Gasteiger partial charge in [-0.2, -0.15) is 0 Å². The summed E-state index contributed by atoms with van der Waals surface area (Å²) in [6.45, 7) is 0. The molecule has 1 saturated carbocycles. The summed E-state index contributed by atoms with van der Waals surface area (Å²) in [5.74, 6) is 0. The maximum absolute atomic E-state index is 5.96. The van der Waals surface area contributed by atoms with E-state index in [4.69, 9.17) is 5.73 Å². The lowest BCUT2D eigenvalue weighted by Gasteiger charge is -2.21. The maximum atomic E-state index is 5.96. The minimum atomic E-state index is 0.708. The first-order valence-electron chi connectivity index (χ1n) is 5.62. The molecule has 0 amide bonds. The van der Waals surface area contributed by atoms with Gasteiger partial charge in [0.25, 0.3) is 0 Å². The Balaban J connectivity index is 2.20. The lowest BCUT2D eigenvalue weighted by molar-refractivity contribution is 0.922. The van der Waals surface area contributed by atoms with Crippen molar-refractivity contribution in [2.24, 2.45) is 0 Å². The van der Waals surface area contributed by atoms with Gasteiger partial charge in [0, 0.05) is 47.6 Å². The highest BCUT2D eigenvalue weighted by atomic mass is 15.2. The highest BCUT2D eigenvalue weighted by Crippen LogP contribution is 2.35. The van der Waals surface area contributed by atoms with Gasteiger partial charge in [0.2, 0.25) is 0 Å². The highest BCUT2D eigenvalue weighted by Gasteiger charge is 2.27. The van der Waals surface area contributed by atoms with Crippen LogP contribution in [0.15, 0.2) is 30.6 Å². The average molecular weight is 213 g/mol. The summed E-state index contributed by atoms with van der Waals surface area (Å²) < 4.78 is 0. The number of aromatic nitrogens is 1. The van der Waals surface area contributed by atoms with Gasteiger partial charge in [-0.15, -0.1) is 0 Å². The largest absolute Gasteiger partial charge is 0.398 e. The molecule has 2 N–H and O–H groups in total. The summed E-state index contributed by atoms with van der Waals surface area (Å²) in [6, 6.07) is 6.83. The third-order valence-corrected chi connectivity index (χ3v) is 3.30. The van der Waals surface area contributed by atoms with Gasteiger partial charge >= 0.3 is 0 Å². The molecule has 0 radical (unpaired) electrons. The Labute approximate surface area is 94.9 Å². The van der Waals surface area contributed by atoms with E-state index in [0.717, 1.165) is 11.1 Å². The first-order valence-corrected chi connectivity index (χ1v) is 5.62. The zero-order valence-corrected chi connectivity index (χ0v) is 9.35. The van der Waals surface area contributed by atoms with Crippen LogP contribution in [0, 0.1) is 0 Å². The maximum Gasteiger partial charge on any atom is 0.0448 e. The summed E-state index contributed by atoms with van der Waals surface area (Å²) in [4.78, 5) is 6.49. The topological polar surface area (TPSA) is 42.1 Å². The van der Waals surface area contributed by atoms with Crippen molar-refractivity contribution in [2.75, 3.05) is 17.7 Å². The zero-order chi connectivity index (χ0) is 11.1. The molecular weight excluding hydrogens is 198 g/mol. The molecule has 0 bridgehead atoms. The first kappa shape index (κ1) is 9.46. The van der Waals surface area contributed by atoms with Crippen LogP contribution in [0.4, 0.5) is 11.4 Å². The van der Waals surface area contributed by atoms with Crippen molar-refractivity contribution in [3.8, 4) is 0 Å². The predicted octanol–water partition coefficient (Wildman–Crippen LogP) is 2.42. The Hall–Kier alpha value is -1.77. The second kappa shape index (κ2) is 3.37. The van der Waals surface area contributed by atoms with Gasteiger partial charge in [-0.25, -0.2) is 0 Å². The number of nitrogens with zero attached hydrogens (tertiary/aromatic N) is 2. The number of pyridine rings is 1. The van der Waals surface area contributed by atoms with Gasteiger partial charge in [0.15, 0.2) is 0 Å². The van der Waals surface area contributed by atoms with Gasteiger partial charge in [0.05, 0.1) is 0 Å². The molecule has 82 valence electrons. The molecular formula is C13H15N3. The number of fused-ring (bicyclic) bond motifs is 1. The molecule has 0 aliphatic heterocycles. The summed E-state index contributed by atoms with van der Waals surface area (Å²) in [5.41, 5.74) is 8.02. The molecule has 3 rings (SSSR count). The molecule has 1 aromatic heterocycles. The van der Waals surface area contributed by atoms with Crippen LogP contribution < -0.4 is 10.6 Å². The van der Waals surface area contributed by atoms with E-state index in [1.165, 1.54) is 23.9 Å². The number of hydrogen-bond acceptors (Lipinski definition) is 3. The quantitative estimate of drug-likeness (QED) is 0.779. The van der Waals surface area contributed by atoms with Crippen LogP contribution in [-0.2, 0) is 0 Å². The molecule has 1 fully saturated rings. The summed E-state index contributed by atoms with van der Waals surface area (Å²) >= 11 is 0. The van der Waals surface area contributed by atoms with Crippen molar-refractivity contribution in [3.05, 3.63) is 30.6 Å². The molecule has 0 spiro atoms. The van der Waals surface area contributed by atoms with Crippen LogP contribution in [-0.4, -0.2) is 18.1 Å². The van der Waals surface area contributed by atoms with E-state index in [1.807, 2.05) is 24.5 Å². The van der Waals surface area contributed by atoms with E-state index in [-0.39, 0.29) is 0 Å². The van der Waals surface area contributed by atoms with Crippen molar-refractivity contribution in [3.63, 3.8) is 0 Å². The molecule has 0 unspecified atom stereocenters. The van der Waals surface area contributed by atoms with Crippen LogP contribution >= 0.6 is 0 Å². The number of rotatable bonds is 2. The van der Waals surface area contributed by atoms with Crippen molar-refractivity contribution < 1.29 is 0 Å². The van der Waals surface area contributed by atoms with Gasteiger partial charge < -0.3 is 10.6 Å². The second-order valence-corrected chi connectivity index (χ2v) is 4.44. The molecule has 0 atom stereocenters. The minimum absolute atomic E-state index is 0.708. The molecule has 1 aromatic carbocycles. The summed E-state index contributed by atoms with van der Waals surface area (Å²) in [6.07, 6.45) is 6.27. The number of hydrogen-bond donors (Lipinski definition) is 1. The summed E-state index contributed by atoms with van der Waals surface area (Å²) in [7, 11) is 2.16. The average Bonchev–Trinajstić information content (AvgIpc) is 3.13. The lowest BCUT2D eigenvalue weighted by atomic mass is 10.1. The normalized spacial score (nSPS) is 15.3. The number of nitrogens with two attached hydrogens (primary N) is 1. The second-order valence-electron chi connectivity index (χ2n) is 4.44. The Morgan fingerprint density at radius 3 is 2.81 bits per heavy atom. The lowest BCUT2D eigenvalue weighted by Crippen LogP contribution is -2.19. The molecule has 16 heavy (non-hydrogen) atoms. The standard InChI is InChI=1S/C13H15N3/c1-16(9-2-3-9)13-5-4-12(14)11-8-15-7-6-10(11)13/h4-9H,2-3,14H2,1H3. The third kappa shape index (κ3) is 1.40. The number of nitrogen functional groups attached to an aromatic ring is 1. The smallest absolute Gasteiger partial charge is 0.0448 e. The van der Waals surface area contributed by atoms with Crippen molar-refractivity contribution in [2.45, 2.75) is 18.9 Å². The van der Waals surface area contributed by atoms with Crippen LogP contribution in [0.25, 0.3) is 10.8 Å². The van der Waals surface area contributed by atoms with Crippen LogP contribution in [0.5, 0.6) is 0 Å². The number of benzene rings is 1. The fraction of sp³-hybridized carbons (Fsp3) is 0.308. The van der Waals surface area contributed by atoms with E-state index in [0.29, 0.717) is 6.04 Å². The van der Waals surface area contributed by atoms with Gasteiger partial charge in [0.1, 0.15) is 0 Å². The van der Waals surface area contributed by atoms with E-state index >= 15 is 0 Å². The van der Waals surface area contributed by atoms with Gasteiger partial charge in [-0.1, -0.05) is 0 Å². The van der Waals surface area contributed by atoms with Crippen molar-refractivity contribution in [1.29, 1.82) is 0 Å². The Morgan fingerprint density at radius 2 is 2.06 bits per heavy atom. The Kier molecular flexibility index (Phi) is 1.99. The fourth-order valence-electron chi connectivity index (χ4n) is 2.16. The minimum Gasteiger partial charge on any atom is -0.398 e. The van der Waals surface area contributed by atoms with Crippen LogP contribution in [0.1, 0.15) is 12.8 Å². The molecule has 1 aliphatic rings. The molecule has 1 aliphatic carbocycles. The van der Waals surface area contributed by atoms with Gasteiger partial charge in [-0.3, -0.25) is 4.98 Å². The molecule has 2 aromatic rings. The monoisotopic (exact) mass is 213 g/mol. The van der Waals surface area contributed by atoms with Gasteiger partial charge in [-0.05, 0) is 31.0 Å². The first-order chi connectivity index (χ1) is 7.77. The molecule has 3 nitrogen and oxygen atoms in total. The zero-order valence-electron chi connectivity index (χ0n) is 9.35.